The third-order valence-corrected chi connectivity index (χ3v) is 2.59. The number of hydrogen-bond acceptors (Lipinski definition) is 3. The Morgan fingerprint density at radius 2 is 2.36 bits per heavy atom. The van der Waals surface area contributed by atoms with E-state index in [1.165, 1.54) is 0 Å². The summed E-state index contributed by atoms with van der Waals surface area (Å²) in [6.07, 6.45) is 3.29. The number of nitrogens with zero attached hydrogens (tertiary/aromatic N) is 2. The zero-order chi connectivity index (χ0) is 10.1. The number of rotatable bonds is 2. The van der Waals surface area contributed by atoms with E-state index >= 15 is 0 Å². The molecule has 4 heteroatoms. The minimum Gasteiger partial charge on any atom is -0.388 e. The number of imidazole rings is 1. The Morgan fingerprint density at radius 1 is 1.57 bits per heavy atom. The van der Waals surface area contributed by atoms with Crippen LogP contribution in [-0.4, -0.2) is 34.0 Å². The summed E-state index contributed by atoms with van der Waals surface area (Å²) >= 11 is 0. The SMILES string of the molecule is CC(C)c1nccn1[C@H]1COC[C@H]1O. The van der Waals surface area contributed by atoms with Crippen LogP contribution in [0.2, 0.25) is 0 Å². The summed E-state index contributed by atoms with van der Waals surface area (Å²) in [5.74, 6) is 1.39. The van der Waals surface area contributed by atoms with E-state index in [2.05, 4.69) is 18.8 Å². The molecule has 0 aliphatic carbocycles. The average molecular weight is 196 g/mol. The molecule has 0 aromatic carbocycles. The van der Waals surface area contributed by atoms with Gasteiger partial charge >= 0.3 is 0 Å². The standard InChI is InChI=1S/C10H16N2O2/c1-7(2)10-11-3-4-12(10)8-5-14-6-9(8)13/h3-4,7-9,13H,5-6H2,1-2H3/t8-,9+/m0/s1. The van der Waals surface area contributed by atoms with E-state index in [1.54, 1.807) is 6.20 Å². The van der Waals surface area contributed by atoms with Gasteiger partial charge in [0.05, 0.1) is 19.3 Å². The van der Waals surface area contributed by atoms with Crippen LogP contribution >= 0.6 is 0 Å². The topological polar surface area (TPSA) is 47.3 Å². The molecule has 0 amide bonds. The Hall–Kier alpha value is -0.870. The normalized spacial score (nSPS) is 27.4. The van der Waals surface area contributed by atoms with E-state index in [-0.39, 0.29) is 6.04 Å². The van der Waals surface area contributed by atoms with Gasteiger partial charge < -0.3 is 14.4 Å². The first-order valence-electron chi connectivity index (χ1n) is 4.98. The summed E-state index contributed by atoms with van der Waals surface area (Å²) in [6, 6.07) is 0.0369. The van der Waals surface area contributed by atoms with Crippen LogP contribution in [0.15, 0.2) is 12.4 Å². The van der Waals surface area contributed by atoms with Crippen LogP contribution < -0.4 is 0 Å². The molecule has 1 fully saturated rings. The summed E-state index contributed by atoms with van der Waals surface area (Å²) in [6.45, 7) is 5.21. The number of ether oxygens (including phenoxy) is 1. The fourth-order valence-electron chi connectivity index (χ4n) is 1.85. The van der Waals surface area contributed by atoms with E-state index in [4.69, 9.17) is 4.74 Å². The van der Waals surface area contributed by atoms with Gasteiger partial charge in [-0.15, -0.1) is 0 Å². The van der Waals surface area contributed by atoms with Crippen molar-refractivity contribution in [3.05, 3.63) is 18.2 Å². The van der Waals surface area contributed by atoms with Crippen molar-refractivity contribution in [2.24, 2.45) is 0 Å². The maximum atomic E-state index is 9.69. The van der Waals surface area contributed by atoms with Gasteiger partial charge in [0, 0.05) is 18.3 Å². The predicted molar refractivity (Wildman–Crippen MR) is 52.2 cm³/mol. The quantitative estimate of drug-likeness (QED) is 0.765. The van der Waals surface area contributed by atoms with E-state index in [0.29, 0.717) is 19.1 Å². The maximum absolute atomic E-state index is 9.69. The summed E-state index contributed by atoms with van der Waals surface area (Å²) in [5.41, 5.74) is 0. The van der Waals surface area contributed by atoms with Gasteiger partial charge in [-0.2, -0.15) is 0 Å². The van der Waals surface area contributed by atoms with Crippen molar-refractivity contribution in [1.82, 2.24) is 9.55 Å². The van der Waals surface area contributed by atoms with Crippen LogP contribution in [0.25, 0.3) is 0 Å². The molecule has 0 spiro atoms. The second-order valence-electron chi connectivity index (χ2n) is 4.02. The fraction of sp³-hybridized carbons (Fsp3) is 0.700. The second kappa shape index (κ2) is 3.71. The largest absolute Gasteiger partial charge is 0.388 e. The number of aliphatic hydroxyl groups is 1. The highest BCUT2D eigenvalue weighted by Gasteiger charge is 2.29. The summed E-state index contributed by atoms with van der Waals surface area (Å²) in [4.78, 5) is 4.29. The Balaban J connectivity index is 2.26. The Bertz CT molecular complexity index is 309. The molecule has 2 rings (SSSR count). The summed E-state index contributed by atoms with van der Waals surface area (Å²) < 4.78 is 7.26. The van der Waals surface area contributed by atoms with Crippen LogP contribution in [0.4, 0.5) is 0 Å². The maximum Gasteiger partial charge on any atom is 0.111 e. The molecule has 1 aliphatic heterocycles. The van der Waals surface area contributed by atoms with Crippen molar-refractivity contribution >= 4 is 0 Å². The van der Waals surface area contributed by atoms with Crippen LogP contribution in [0.3, 0.4) is 0 Å². The molecule has 4 nitrogen and oxygen atoms in total. The van der Waals surface area contributed by atoms with Crippen molar-refractivity contribution in [2.75, 3.05) is 13.2 Å². The summed E-state index contributed by atoms with van der Waals surface area (Å²) in [7, 11) is 0. The van der Waals surface area contributed by atoms with Gasteiger partial charge in [0.1, 0.15) is 11.9 Å². The number of aromatic nitrogens is 2. The van der Waals surface area contributed by atoms with Crippen LogP contribution in [0.5, 0.6) is 0 Å². The molecule has 1 aromatic heterocycles. The first-order chi connectivity index (χ1) is 6.70. The van der Waals surface area contributed by atoms with E-state index in [1.807, 2.05) is 10.8 Å². The molecule has 0 radical (unpaired) electrons. The Labute approximate surface area is 83.5 Å². The fourth-order valence-corrected chi connectivity index (χ4v) is 1.85. The lowest BCUT2D eigenvalue weighted by Gasteiger charge is -2.18. The Kier molecular flexibility index (Phi) is 2.56. The van der Waals surface area contributed by atoms with E-state index in [0.717, 1.165) is 5.82 Å². The van der Waals surface area contributed by atoms with E-state index in [9.17, 15) is 5.11 Å². The zero-order valence-electron chi connectivity index (χ0n) is 8.55. The molecule has 1 saturated heterocycles. The third kappa shape index (κ3) is 1.55. The van der Waals surface area contributed by atoms with Crippen LogP contribution in [0, 0.1) is 0 Å². The van der Waals surface area contributed by atoms with Gasteiger partial charge in [-0.3, -0.25) is 0 Å². The average Bonchev–Trinajstić information content (AvgIpc) is 2.70. The zero-order valence-corrected chi connectivity index (χ0v) is 8.55. The molecule has 14 heavy (non-hydrogen) atoms. The number of hydrogen-bond donors (Lipinski definition) is 1. The van der Waals surface area contributed by atoms with Gasteiger partial charge in [-0.25, -0.2) is 4.98 Å². The molecule has 0 saturated carbocycles. The molecule has 0 bridgehead atoms. The molecule has 78 valence electrons. The first-order valence-corrected chi connectivity index (χ1v) is 4.98. The molecular weight excluding hydrogens is 180 g/mol. The van der Waals surface area contributed by atoms with E-state index < -0.39 is 6.10 Å². The first kappa shape index (κ1) is 9.68. The van der Waals surface area contributed by atoms with Crippen molar-refractivity contribution in [3.63, 3.8) is 0 Å². The highest BCUT2D eigenvalue weighted by atomic mass is 16.5. The van der Waals surface area contributed by atoms with Crippen molar-refractivity contribution in [1.29, 1.82) is 0 Å². The number of aliphatic hydroxyl groups excluding tert-OH is 1. The molecule has 1 aliphatic rings. The highest BCUT2D eigenvalue weighted by molar-refractivity contribution is 5.02. The highest BCUT2D eigenvalue weighted by Crippen LogP contribution is 2.24. The second-order valence-corrected chi connectivity index (χ2v) is 4.02. The Morgan fingerprint density at radius 3 is 2.93 bits per heavy atom. The minimum absolute atomic E-state index is 0.0369. The monoisotopic (exact) mass is 196 g/mol. The lowest BCUT2D eigenvalue weighted by molar-refractivity contribution is 0.119. The molecule has 2 atom stereocenters. The van der Waals surface area contributed by atoms with Crippen molar-refractivity contribution < 1.29 is 9.84 Å². The van der Waals surface area contributed by atoms with Gasteiger partial charge in [-0.05, 0) is 0 Å². The molecule has 2 heterocycles. The third-order valence-electron chi connectivity index (χ3n) is 2.59. The van der Waals surface area contributed by atoms with Crippen molar-refractivity contribution in [2.45, 2.75) is 31.9 Å². The van der Waals surface area contributed by atoms with Crippen molar-refractivity contribution in [3.8, 4) is 0 Å². The minimum atomic E-state index is -0.401. The smallest absolute Gasteiger partial charge is 0.111 e. The molecule has 1 N–H and O–H groups in total. The van der Waals surface area contributed by atoms with Crippen LogP contribution in [0.1, 0.15) is 31.6 Å². The van der Waals surface area contributed by atoms with Gasteiger partial charge in [0.15, 0.2) is 0 Å². The molecular formula is C10H16N2O2. The predicted octanol–water partition coefficient (Wildman–Crippen LogP) is 0.939. The lowest BCUT2D eigenvalue weighted by atomic mass is 10.1. The molecule has 0 unspecified atom stereocenters. The van der Waals surface area contributed by atoms with Gasteiger partial charge in [0.2, 0.25) is 0 Å². The van der Waals surface area contributed by atoms with Gasteiger partial charge in [0.25, 0.3) is 0 Å². The van der Waals surface area contributed by atoms with Crippen LogP contribution in [-0.2, 0) is 4.74 Å². The lowest BCUT2D eigenvalue weighted by Crippen LogP contribution is -2.23. The summed E-state index contributed by atoms with van der Waals surface area (Å²) in [5, 5.41) is 9.69. The van der Waals surface area contributed by atoms with Gasteiger partial charge in [-0.1, -0.05) is 13.8 Å². The molecule has 1 aromatic rings.